The normalized spacial score (nSPS) is 34.4. The highest BCUT2D eigenvalue weighted by molar-refractivity contribution is 5.76. The van der Waals surface area contributed by atoms with Crippen LogP contribution in [-0.2, 0) is 38.1 Å². The Morgan fingerprint density at radius 2 is 1.18 bits per heavy atom. The van der Waals surface area contributed by atoms with Crippen LogP contribution in [0.25, 0.3) is 0 Å². The van der Waals surface area contributed by atoms with E-state index in [1.165, 1.54) is 13.8 Å². The number of fused-ring (bicyclic) bond motifs is 5. The van der Waals surface area contributed by atoms with Crippen molar-refractivity contribution in [2.45, 2.75) is 134 Å². The van der Waals surface area contributed by atoms with Gasteiger partial charge in [0.25, 0.3) is 6.10 Å². The van der Waals surface area contributed by atoms with Gasteiger partial charge in [0.2, 0.25) is 0 Å². The summed E-state index contributed by atoms with van der Waals surface area (Å²) in [7, 11) is 0. The molecule has 4 rings (SSSR count). The molecule has 23 heteroatoms. The molecule has 4 aliphatic carbocycles. The van der Waals surface area contributed by atoms with E-state index in [2.05, 4.69) is 9.47 Å². The van der Waals surface area contributed by atoms with Gasteiger partial charge in [-0.3, -0.25) is 4.79 Å². The van der Waals surface area contributed by atoms with E-state index >= 15 is 0 Å². The van der Waals surface area contributed by atoms with E-state index in [4.69, 9.17) is 9.47 Å². The number of carbonyl (C=O) groups is 4. The van der Waals surface area contributed by atoms with Crippen LogP contribution in [0.2, 0.25) is 0 Å². The number of alkyl halides is 15. The van der Waals surface area contributed by atoms with Crippen molar-refractivity contribution in [1.29, 1.82) is 0 Å². The lowest BCUT2D eigenvalue weighted by Crippen LogP contribution is -2.64. The van der Waals surface area contributed by atoms with Crippen LogP contribution in [-0.4, -0.2) is 79.2 Å². The fourth-order valence-corrected chi connectivity index (χ4v) is 10.1. The Balaban J connectivity index is 1.71. The molecule has 0 aliphatic heterocycles. The van der Waals surface area contributed by atoms with Gasteiger partial charge >= 0.3 is 54.8 Å². The maximum absolute atomic E-state index is 13.7. The van der Waals surface area contributed by atoms with Gasteiger partial charge in [0.05, 0.1) is 0 Å². The van der Waals surface area contributed by atoms with Gasteiger partial charge in [-0.05, 0) is 86.4 Å². The fourth-order valence-electron chi connectivity index (χ4n) is 10.1. The Labute approximate surface area is 308 Å². The van der Waals surface area contributed by atoms with Crippen LogP contribution in [0.3, 0.4) is 0 Å². The van der Waals surface area contributed by atoms with Crippen molar-refractivity contribution in [3.8, 4) is 0 Å². The molecule has 0 aromatic carbocycles. The van der Waals surface area contributed by atoms with Crippen molar-refractivity contribution in [1.82, 2.24) is 0 Å². The van der Waals surface area contributed by atoms with Crippen molar-refractivity contribution in [3.63, 3.8) is 0 Å². The number of hydrogen-bond acceptors (Lipinski definition) is 8. The van der Waals surface area contributed by atoms with Crippen LogP contribution < -0.4 is 0 Å². The molecule has 0 amide bonds. The number of carbonyl (C=O) groups excluding carboxylic acids is 4. The predicted molar refractivity (Wildman–Crippen MR) is 154 cm³/mol. The molecule has 0 saturated heterocycles. The minimum absolute atomic E-state index is 0.00998. The zero-order chi connectivity index (χ0) is 42.8. The summed E-state index contributed by atoms with van der Waals surface area (Å²) in [6, 6.07) is 0. The molecular formula is C33H37F15O8. The molecule has 0 unspecified atom stereocenters. The minimum Gasteiger partial charge on any atom is -0.456 e. The standard InChI is InChI=1S/C33H37F15O8/c1-13(4-7-21(49)56-23(29(34,35)36)30(37,38)39)16-5-6-17-22-18(12-20(28(16,17)3)55-26(52)33(46,47)48)27(2)9-8-15(53-24(50)31(40,41)42)10-14(27)11-19(22)54-25(51)32(43,44)45/h13-20,22-23H,4-12H2,1-3H3/t13-,14+,15-,16-,17+,18+,19-,20+,22+,27+,28-/m1/s1. The molecule has 0 aromatic rings. The van der Waals surface area contributed by atoms with Crippen molar-refractivity contribution >= 4 is 23.9 Å². The van der Waals surface area contributed by atoms with Gasteiger partial charge in [-0.2, -0.15) is 65.9 Å². The van der Waals surface area contributed by atoms with E-state index in [1.807, 2.05) is 0 Å². The van der Waals surface area contributed by atoms with Gasteiger partial charge in [-0.15, -0.1) is 0 Å². The molecule has 4 aliphatic rings. The minimum atomic E-state index is -6.02. The Hall–Kier alpha value is -3.17. The maximum Gasteiger partial charge on any atom is 0.490 e. The molecule has 8 nitrogen and oxygen atoms in total. The molecule has 0 aromatic heterocycles. The summed E-state index contributed by atoms with van der Waals surface area (Å²) >= 11 is 0. The summed E-state index contributed by atoms with van der Waals surface area (Å²) in [4.78, 5) is 48.5. The number of ether oxygens (including phenoxy) is 4. The molecule has 4 saturated carbocycles. The third-order valence-corrected chi connectivity index (χ3v) is 12.6. The summed E-state index contributed by atoms with van der Waals surface area (Å²) < 4.78 is 217. The van der Waals surface area contributed by atoms with E-state index in [-0.39, 0.29) is 32.1 Å². The molecule has 0 spiro atoms. The third kappa shape index (κ3) is 9.25. The van der Waals surface area contributed by atoms with E-state index in [9.17, 15) is 85.0 Å². The van der Waals surface area contributed by atoms with Gasteiger partial charge < -0.3 is 18.9 Å². The Morgan fingerprint density at radius 1 is 0.661 bits per heavy atom. The number of hydrogen-bond donors (Lipinski definition) is 0. The molecular weight excluding hydrogens is 809 g/mol. The van der Waals surface area contributed by atoms with Gasteiger partial charge in [-0.25, -0.2) is 14.4 Å². The summed E-state index contributed by atoms with van der Waals surface area (Å²) in [5.41, 5.74) is -2.77. The second-order valence-corrected chi connectivity index (χ2v) is 15.6. The average molecular weight is 847 g/mol. The number of halogens is 15. The van der Waals surface area contributed by atoms with Crippen LogP contribution in [0.1, 0.15) is 78.6 Å². The second kappa shape index (κ2) is 15.2. The van der Waals surface area contributed by atoms with Crippen LogP contribution >= 0.6 is 0 Å². The first-order valence-electron chi connectivity index (χ1n) is 17.4. The summed E-state index contributed by atoms with van der Waals surface area (Å²) in [5, 5.41) is 0. The Kier molecular flexibility index (Phi) is 12.4. The summed E-state index contributed by atoms with van der Waals surface area (Å²) in [6.07, 6.45) is -40.9. The number of rotatable bonds is 8. The van der Waals surface area contributed by atoms with Crippen LogP contribution in [0.5, 0.6) is 0 Å². The summed E-state index contributed by atoms with van der Waals surface area (Å²) in [6.45, 7) is 4.30. The van der Waals surface area contributed by atoms with Gasteiger partial charge in [0, 0.05) is 17.8 Å². The van der Waals surface area contributed by atoms with Crippen LogP contribution in [0, 0.1) is 46.3 Å². The lowest BCUT2D eigenvalue weighted by Gasteiger charge is -2.64. The van der Waals surface area contributed by atoms with E-state index < -0.39 is 151 Å². The second-order valence-electron chi connectivity index (χ2n) is 15.6. The highest BCUT2D eigenvalue weighted by atomic mass is 19.4. The zero-order valence-corrected chi connectivity index (χ0v) is 29.6. The van der Waals surface area contributed by atoms with Gasteiger partial charge in [0.1, 0.15) is 18.3 Å². The first-order chi connectivity index (χ1) is 25.2. The molecule has 0 N–H and O–H groups in total. The highest BCUT2D eigenvalue weighted by Gasteiger charge is 2.69. The third-order valence-electron chi connectivity index (χ3n) is 12.6. The molecule has 0 radical (unpaired) electrons. The lowest BCUT2D eigenvalue weighted by atomic mass is 9.43. The molecule has 0 bridgehead atoms. The topological polar surface area (TPSA) is 105 Å². The zero-order valence-electron chi connectivity index (χ0n) is 29.6. The van der Waals surface area contributed by atoms with E-state index in [0.29, 0.717) is 0 Å². The first kappa shape index (κ1) is 45.5. The van der Waals surface area contributed by atoms with E-state index in [1.54, 1.807) is 6.92 Å². The maximum atomic E-state index is 13.7. The van der Waals surface area contributed by atoms with Crippen molar-refractivity contribution in [3.05, 3.63) is 0 Å². The van der Waals surface area contributed by atoms with Crippen molar-refractivity contribution < 1.29 is 104 Å². The summed E-state index contributed by atoms with van der Waals surface area (Å²) in [5.74, 6) is -15.7. The largest absolute Gasteiger partial charge is 0.490 e. The molecule has 322 valence electrons. The van der Waals surface area contributed by atoms with Crippen LogP contribution in [0.15, 0.2) is 0 Å². The van der Waals surface area contributed by atoms with Crippen LogP contribution in [0.4, 0.5) is 65.9 Å². The quantitative estimate of drug-likeness (QED) is 0.136. The van der Waals surface area contributed by atoms with Crippen molar-refractivity contribution in [2.24, 2.45) is 46.3 Å². The lowest BCUT2D eigenvalue weighted by molar-refractivity contribution is -0.313. The monoisotopic (exact) mass is 846 g/mol. The predicted octanol–water partition coefficient (Wildman–Crippen LogP) is 8.74. The average Bonchev–Trinajstić information content (AvgIpc) is 3.39. The molecule has 56 heavy (non-hydrogen) atoms. The molecule has 11 atom stereocenters. The Morgan fingerprint density at radius 3 is 1.70 bits per heavy atom. The smallest absolute Gasteiger partial charge is 0.456 e. The van der Waals surface area contributed by atoms with Gasteiger partial charge in [0.15, 0.2) is 0 Å². The molecule has 4 fully saturated rings. The Bertz CT molecular complexity index is 1470. The van der Waals surface area contributed by atoms with E-state index in [0.717, 1.165) is 0 Å². The molecule has 0 heterocycles. The number of esters is 4. The first-order valence-corrected chi connectivity index (χ1v) is 17.4. The highest BCUT2D eigenvalue weighted by Crippen LogP contribution is 2.69. The fraction of sp³-hybridized carbons (Fsp3) is 0.879. The van der Waals surface area contributed by atoms with Gasteiger partial charge in [-0.1, -0.05) is 20.8 Å². The van der Waals surface area contributed by atoms with Crippen molar-refractivity contribution in [2.75, 3.05) is 0 Å². The SMILES string of the molecule is C[C@H](CCC(=O)OC(C(F)(F)F)C(F)(F)F)[C@H]1CC[C@H]2[C@@H]3[C@H](OC(=O)C(F)(F)F)C[C@@H]4C[C@H](OC(=O)C(F)(F)F)CC[C@]4(C)[C@H]3C[C@H](OC(=O)C(F)(F)F)[C@]12C.